The molecule has 7 heteroatoms. The molecule has 24 heavy (non-hydrogen) atoms. The van der Waals surface area contributed by atoms with Crippen molar-refractivity contribution in [2.24, 2.45) is 11.8 Å². The maximum absolute atomic E-state index is 12.6. The van der Waals surface area contributed by atoms with E-state index in [0.717, 1.165) is 12.8 Å². The summed E-state index contributed by atoms with van der Waals surface area (Å²) in [4.78, 5) is 12.6. The molecule has 0 unspecified atom stereocenters. The summed E-state index contributed by atoms with van der Waals surface area (Å²) < 4.78 is 30.8. The van der Waals surface area contributed by atoms with Gasteiger partial charge in [-0.15, -0.1) is 0 Å². The fraction of sp³-hybridized carbons (Fsp3) is 0.588. The number of rotatable bonds is 5. The molecule has 0 bridgehead atoms. The van der Waals surface area contributed by atoms with E-state index in [4.69, 9.17) is 4.74 Å². The van der Waals surface area contributed by atoms with Gasteiger partial charge < -0.3 is 10.1 Å². The Bertz CT molecular complexity index is 692. The standard InChI is InChI=1S/C17H24N2O4S/c1-19(2)24(21,22)11-15-9-23-10-16(15)18-17(20)14-7-12-5-3-4-6-13(12)8-14/h3-6,14-16H,7-11H2,1-2H3,(H,18,20)/t15-,16+/m0/s1. The number of carbonyl (C=O) groups excluding carboxylic acids is 1. The lowest BCUT2D eigenvalue weighted by Crippen LogP contribution is -2.45. The van der Waals surface area contributed by atoms with Gasteiger partial charge in [0, 0.05) is 25.9 Å². The molecule has 1 aromatic rings. The molecule has 2 atom stereocenters. The predicted molar refractivity (Wildman–Crippen MR) is 91.1 cm³/mol. The quantitative estimate of drug-likeness (QED) is 0.834. The third kappa shape index (κ3) is 3.63. The van der Waals surface area contributed by atoms with Gasteiger partial charge in [-0.05, 0) is 24.0 Å². The van der Waals surface area contributed by atoms with Crippen LogP contribution in [0.2, 0.25) is 0 Å². The van der Waals surface area contributed by atoms with E-state index in [0.29, 0.717) is 13.2 Å². The van der Waals surface area contributed by atoms with E-state index in [-0.39, 0.29) is 29.5 Å². The Morgan fingerprint density at radius 1 is 1.21 bits per heavy atom. The molecule has 2 aliphatic rings. The number of carbonyl (C=O) groups is 1. The number of sulfonamides is 1. The Kier molecular flexibility index (Phi) is 4.94. The average molecular weight is 352 g/mol. The van der Waals surface area contributed by atoms with Crippen molar-refractivity contribution in [3.8, 4) is 0 Å². The number of nitrogens with zero attached hydrogens (tertiary/aromatic N) is 1. The number of hydrogen-bond donors (Lipinski definition) is 1. The zero-order valence-electron chi connectivity index (χ0n) is 14.1. The Labute approximate surface area is 143 Å². The number of hydrogen-bond acceptors (Lipinski definition) is 4. The minimum Gasteiger partial charge on any atom is -0.379 e. The number of benzene rings is 1. The minimum absolute atomic E-state index is 0.00413. The Morgan fingerprint density at radius 2 is 1.83 bits per heavy atom. The van der Waals surface area contributed by atoms with Gasteiger partial charge >= 0.3 is 0 Å². The molecule has 0 radical (unpaired) electrons. The number of fused-ring (bicyclic) bond motifs is 1. The largest absolute Gasteiger partial charge is 0.379 e. The molecular weight excluding hydrogens is 328 g/mol. The van der Waals surface area contributed by atoms with Crippen molar-refractivity contribution >= 4 is 15.9 Å². The molecule has 1 aromatic carbocycles. The number of nitrogens with one attached hydrogen (secondary N) is 1. The lowest BCUT2D eigenvalue weighted by molar-refractivity contribution is -0.125. The van der Waals surface area contributed by atoms with Crippen LogP contribution in [0.5, 0.6) is 0 Å². The SMILES string of the molecule is CN(C)S(=O)(=O)C[C@@H]1COC[C@H]1NC(=O)C1Cc2ccccc2C1. The summed E-state index contributed by atoms with van der Waals surface area (Å²) in [7, 11) is -0.266. The fourth-order valence-corrected chi connectivity index (χ4v) is 4.55. The van der Waals surface area contributed by atoms with Gasteiger partial charge in [0.25, 0.3) is 0 Å². The van der Waals surface area contributed by atoms with E-state index >= 15 is 0 Å². The normalized spacial score (nSPS) is 24.3. The third-order valence-electron chi connectivity index (χ3n) is 4.93. The fourth-order valence-electron chi connectivity index (χ4n) is 3.39. The molecule has 0 aromatic heterocycles. The summed E-state index contributed by atoms with van der Waals surface area (Å²) in [6.07, 6.45) is 1.49. The molecule has 6 nitrogen and oxygen atoms in total. The molecule has 0 saturated carbocycles. The Balaban J connectivity index is 1.60. The van der Waals surface area contributed by atoms with Crippen LogP contribution < -0.4 is 5.32 Å². The molecule has 1 amide bonds. The van der Waals surface area contributed by atoms with Gasteiger partial charge in [-0.25, -0.2) is 12.7 Å². The second kappa shape index (κ2) is 6.82. The van der Waals surface area contributed by atoms with Crippen LogP contribution in [0.25, 0.3) is 0 Å². The van der Waals surface area contributed by atoms with Crippen LogP contribution in [0.3, 0.4) is 0 Å². The minimum atomic E-state index is -3.31. The first-order chi connectivity index (χ1) is 11.4. The maximum Gasteiger partial charge on any atom is 0.224 e. The highest BCUT2D eigenvalue weighted by Gasteiger charge is 2.36. The van der Waals surface area contributed by atoms with Crippen LogP contribution in [-0.4, -0.2) is 57.7 Å². The van der Waals surface area contributed by atoms with Crippen molar-refractivity contribution in [2.45, 2.75) is 18.9 Å². The zero-order chi connectivity index (χ0) is 17.3. The van der Waals surface area contributed by atoms with Gasteiger partial charge in [-0.1, -0.05) is 24.3 Å². The van der Waals surface area contributed by atoms with Crippen LogP contribution in [0.15, 0.2) is 24.3 Å². The van der Waals surface area contributed by atoms with E-state index in [1.807, 2.05) is 12.1 Å². The predicted octanol–water partition coefficient (Wildman–Crippen LogP) is 0.424. The highest BCUT2D eigenvalue weighted by Crippen LogP contribution is 2.27. The first-order valence-corrected chi connectivity index (χ1v) is 9.83. The molecule has 1 saturated heterocycles. The van der Waals surface area contributed by atoms with Crippen molar-refractivity contribution < 1.29 is 17.9 Å². The highest BCUT2D eigenvalue weighted by molar-refractivity contribution is 7.89. The van der Waals surface area contributed by atoms with Crippen molar-refractivity contribution in [3.63, 3.8) is 0 Å². The summed E-state index contributed by atoms with van der Waals surface area (Å²) in [5.74, 6) is -0.288. The third-order valence-corrected chi connectivity index (χ3v) is 6.89. The smallest absolute Gasteiger partial charge is 0.224 e. The van der Waals surface area contributed by atoms with Crippen LogP contribution >= 0.6 is 0 Å². The van der Waals surface area contributed by atoms with Gasteiger partial charge in [0.2, 0.25) is 15.9 Å². The molecule has 3 rings (SSSR count). The van der Waals surface area contributed by atoms with Crippen molar-refractivity contribution in [1.82, 2.24) is 9.62 Å². The molecular formula is C17H24N2O4S. The average Bonchev–Trinajstić information content (AvgIpc) is 3.13. The van der Waals surface area contributed by atoms with E-state index < -0.39 is 10.0 Å². The molecule has 132 valence electrons. The molecule has 1 N–H and O–H groups in total. The Hall–Kier alpha value is -1.44. The first kappa shape index (κ1) is 17.4. The highest BCUT2D eigenvalue weighted by atomic mass is 32.2. The molecule has 1 fully saturated rings. The van der Waals surface area contributed by atoms with Gasteiger partial charge in [0.05, 0.1) is 25.0 Å². The van der Waals surface area contributed by atoms with E-state index in [9.17, 15) is 13.2 Å². The van der Waals surface area contributed by atoms with Crippen LogP contribution in [0.1, 0.15) is 11.1 Å². The van der Waals surface area contributed by atoms with E-state index in [1.165, 1.54) is 29.5 Å². The van der Waals surface area contributed by atoms with Gasteiger partial charge in [0.15, 0.2) is 0 Å². The summed E-state index contributed by atoms with van der Waals surface area (Å²) in [6.45, 7) is 0.738. The van der Waals surface area contributed by atoms with Crippen LogP contribution in [-0.2, 0) is 32.4 Å². The van der Waals surface area contributed by atoms with Crippen LogP contribution in [0.4, 0.5) is 0 Å². The second-order valence-corrected chi connectivity index (χ2v) is 9.07. The number of amides is 1. The summed E-state index contributed by atoms with van der Waals surface area (Å²) in [6, 6.07) is 7.87. The molecule has 0 spiro atoms. The van der Waals surface area contributed by atoms with E-state index in [2.05, 4.69) is 17.4 Å². The van der Waals surface area contributed by atoms with Gasteiger partial charge in [-0.2, -0.15) is 0 Å². The van der Waals surface area contributed by atoms with Gasteiger partial charge in [-0.3, -0.25) is 4.79 Å². The van der Waals surface area contributed by atoms with Crippen molar-refractivity contribution in [2.75, 3.05) is 33.1 Å². The lowest BCUT2D eigenvalue weighted by Gasteiger charge is -2.22. The van der Waals surface area contributed by atoms with Crippen molar-refractivity contribution in [3.05, 3.63) is 35.4 Å². The molecule has 1 aliphatic heterocycles. The van der Waals surface area contributed by atoms with Crippen LogP contribution in [0, 0.1) is 11.8 Å². The summed E-state index contributed by atoms with van der Waals surface area (Å²) in [5.41, 5.74) is 2.46. The zero-order valence-corrected chi connectivity index (χ0v) is 14.9. The summed E-state index contributed by atoms with van der Waals surface area (Å²) >= 11 is 0. The molecule has 1 aliphatic carbocycles. The molecule has 1 heterocycles. The van der Waals surface area contributed by atoms with Gasteiger partial charge in [0.1, 0.15) is 0 Å². The maximum atomic E-state index is 12.6. The summed E-state index contributed by atoms with van der Waals surface area (Å²) in [5, 5.41) is 3.02. The monoisotopic (exact) mass is 352 g/mol. The van der Waals surface area contributed by atoms with E-state index in [1.54, 1.807) is 0 Å². The second-order valence-electron chi connectivity index (χ2n) is 6.85. The Morgan fingerprint density at radius 3 is 2.42 bits per heavy atom. The first-order valence-electron chi connectivity index (χ1n) is 8.22. The lowest BCUT2D eigenvalue weighted by atomic mass is 10.0. The number of ether oxygens (including phenoxy) is 1. The van der Waals surface area contributed by atoms with Crippen molar-refractivity contribution in [1.29, 1.82) is 0 Å². The topological polar surface area (TPSA) is 75.7 Å².